The summed E-state index contributed by atoms with van der Waals surface area (Å²) in [6.07, 6.45) is 7.19. The van der Waals surface area contributed by atoms with Gasteiger partial charge in [0.1, 0.15) is 0 Å². The van der Waals surface area contributed by atoms with Gasteiger partial charge in [0.25, 0.3) is 0 Å². The highest BCUT2D eigenvalue weighted by Crippen LogP contribution is 2.20. The first-order chi connectivity index (χ1) is 4.77. The summed E-state index contributed by atoms with van der Waals surface area (Å²) in [5.41, 5.74) is -0.569. The van der Waals surface area contributed by atoms with E-state index in [1.165, 1.54) is 0 Å². The van der Waals surface area contributed by atoms with Crippen molar-refractivity contribution in [2.45, 2.75) is 24.9 Å². The van der Waals surface area contributed by atoms with E-state index in [2.05, 4.69) is 11.2 Å². The van der Waals surface area contributed by atoms with Gasteiger partial charge < -0.3 is 10.4 Å². The molecule has 0 spiro atoms. The van der Waals surface area contributed by atoms with E-state index < -0.39 is 5.60 Å². The Bertz CT molecular complexity index is 142. The fourth-order valence-electron chi connectivity index (χ4n) is 1.26. The number of hydrogen-bond acceptors (Lipinski definition) is 2. The van der Waals surface area contributed by atoms with Crippen LogP contribution in [0.25, 0.3) is 0 Å². The first-order valence-electron chi connectivity index (χ1n) is 3.63. The van der Waals surface area contributed by atoms with E-state index in [0.717, 1.165) is 25.9 Å². The maximum absolute atomic E-state index is 9.69. The van der Waals surface area contributed by atoms with Gasteiger partial charge in [-0.05, 0) is 25.9 Å². The van der Waals surface area contributed by atoms with Crippen molar-refractivity contribution < 1.29 is 5.11 Å². The van der Waals surface area contributed by atoms with Crippen molar-refractivity contribution in [2.24, 2.45) is 0 Å². The molecule has 0 aromatic heterocycles. The van der Waals surface area contributed by atoms with Crippen LogP contribution in [0.1, 0.15) is 19.3 Å². The van der Waals surface area contributed by atoms with E-state index in [0.29, 0.717) is 6.42 Å². The minimum absolute atomic E-state index is 0.495. The Labute approximate surface area is 61.6 Å². The number of aliphatic hydroxyl groups is 1. The Kier molecular flexibility index (Phi) is 2.31. The molecule has 56 valence electrons. The maximum atomic E-state index is 9.69. The quantitative estimate of drug-likeness (QED) is 0.506. The fraction of sp³-hybridized carbons (Fsp3) is 0.750. The van der Waals surface area contributed by atoms with Gasteiger partial charge in [0.05, 0.1) is 5.60 Å². The van der Waals surface area contributed by atoms with Crippen LogP contribution in [-0.2, 0) is 0 Å². The number of piperidine rings is 1. The fourth-order valence-corrected chi connectivity index (χ4v) is 1.26. The SMILES string of the molecule is C#CCC1(O)CCNCC1. The third-order valence-electron chi connectivity index (χ3n) is 1.97. The van der Waals surface area contributed by atoms with Crippen molar-refractivity contribution >= 4 is 0 Å². The molecule has 0 bridgehead atoms. The minimum Gasteiger partial charge on any atom is -0.389 e. The summed E-state index contributed by atoms with van der Waals surface area (Å²) in [5, 5.41) is 12.9. The second-order valence-electron chi connectivity index (χ2n) is 2.86. The van der Waals surface area contributed by atoms with Gasteiger partial charge in [-0.25, -0.2) is 0 Å². The summed E-state index contributed by atoms with van der Waals surface area (Å²) in [7, 11) is 0. The van der Waals surface area contributed by atoms with Gasteiger partial charge in [-0.3, -0.25) is 0 Å². The van der Waals surface area contributed by atoms with Crippen LogP contribution in [0.5, 0.6) is 0 Å². The van der Waals surface area contributed by atoms with Crippen molar-refractivity contribution in [1.82, 2.24) is 5.32 Å². The average molecular weight is 139 g/mol. The van der Waals surface area contributed by atoms with Gasteiger partial charge in [0.2, 0.25) is 0 Å². The molecule has 1 aliphatic heterocycles. The number of hydrogen-bond donors (Lipinski definition) is 2. The topological polar surface area (TPSA) is 32.3 Å². The number of terminal acetylenes is 1. The molecule has 0 amide bonds. The molecule has 10 heavy (non-hydrogen) atoms. The molecule has 1 rings (SSSR count). The molecule has 1 saturated heterocycles. The van der Waals surface area contributed by atoms with Crippen molar-refractivity contribution in [1.29, 1.82) is 0 Å². The molecule has 1 fully saturated rings. The summed E-state index contributed by atoms with van der Waals surface area (Å²) < 4.78 is 0. The van der Waals surface area contributed by atoms with E-state index in [1.807, 2.05) is 0 Å². The van der Waals surface area contributed by atoms with Crippen molar-refractivity contribution in [3.8, 4) is 12.3 Å². The van der Waals surface area contributed by atoms with Crippen molar-refractivity contribution in [3.63, 3.8) is 0 Å². The van der Waals surface area contributed by atoms with Crippen LogP contribution < -0.4 is 5.32 Å². The summed E-state index contributed by atoms with van der Waals surface area (Å²) in [6.45, 7) is 1.77. The molecular formula is C8H13NO. The summed E-state index contributed by atoms with van der Waals surface area (Å²) >= 11 is 0. The molecule has 0 atom stereocenters. The van der Waals surface area contributed by atoms with Crippen LogP contribution in [-0.4, -0.2) is 23.8 Å². The highest BCUT2D eigenvalue weighted by atomic mass is 16.3. The van der Waals surface area contributed by atoms with Gasteiger partial charge in [-0.2, -0.15) is 0 Å². The molecular weight excluding hydrogens is 126 g/mol. The van der Waals surface area contributed by atoms with Crippen LogP contribution in [0.3, 0.4) is 0 Å². The summed E-state index contributed by atoms with van der Waals surface area (Å²) in [6, 6.07) is 0. The van der Waals surface area contributed by atoms with E-state index in [9.17, 15) is 5.11 Å². The first kappa shape index (κ1) is 7.59. The van der Waals surface area contributed by atoms with Crippen LogP contribution in [0, 0.1) is 12.3 Å². The lowest BCUT2D eigenvalue weighted by Gasteiger charge is -2.30. The largest absolute Gasteiger partial charge is 0.389 e. The molecule has 0 unspecified atom stereocenters. The first-order valence-corrected chi connectivity index (χ1v) is 3.63. The highest BCUT2D eigenvalue weighted by molar-refractivity contribution is 4.97. The number of rotatable bonds is 1. The normalized spacial score (nSPS) is 23.6. The monoisotopic (exact) mass is 139 g/mol. The molecule has 2 heteroatoms. The highest BCUT2D eigenvalue weighted by Gasteiger charge is 2.27. The van der Waals surface area contributed by atoms with Gasteiger partial charge in [0, 0.05) is 6.42 Å². The molecule has 0 aromatic carbocycles. The molecule has 0 radical (unpaired) electrons. The second kappa shape index (κ2) is 3.05. The summed E-state index contributed by atoms with van der Waals surface area (Å²) in [4.78, 5) is 0. The van der Waals surface area contributed by atoms with E-state index in [4.69, 9.17) is 6.42 Å². The third-order valence-corrected chi connectivity index (χ3v) is 1.97. The Hall–Kier alpha value is -0.520. The van der Waals surface area contributed by atoms with Gasteiger partial charge in [-0.15, -0.1) is 12.3 Å². The van der Waals surface area contributed by atoms with E-state index >= 15 is 0 Å². The smallest absolute Gasteiger partial charge is 0.0780 e. The standard InChI is InChI=1S/C8H13NO/c1-2-3-8(10)4-6-9-7-5-8/h1,9-10H,3-7H2. The van der Waals surface area contributed by atoms with Crippen molar-refractivity contribution in [3.05, 3.63) is 0 Å². The maximum Gasteiger partial charge on any atom is 0.0780 e. The van der Waals surface area contributed by atoms with E-state index in [1.54, 1.807) is 0 Å². The van der Waals surface area contributed by atoms with Crippen LogP contribution in [0.4, 0.5) is 0 Å². The minimum atomic E-state index is -0.569. The average Bonchev–Trinajstić information content (AvgIpc) is 1.89. The van der Waals surface area contributed by atoms with E-state index in [-0.39, 0.29) is 0 Å². The zero-order chi connectivity index (χ0) is 7.45. The lowest BCUT2D eigenvalue weighted by atomic mass is 9.90. The lowest BCUT2D eigenvalue weighted by Crippen LogP contribution is -2.41. The molecule has 2 nitrogen and oxygen atoms in total. The summed E-state index contributed by atoms with van der Waals surface area (Å²) in [5.74, 6) is 2.50. The lowest BCUT2D eigenvalue weighted by molar-refractivity contribution is 0.0154. The van der Waals surface area contributed by atoms with Crippen molar-refractivity contribution in [2.75, 3.05) is 13.1 Å². The molecule has 0 saturated carbocycles. The Morgan fingerprint density at radius 2 is 2.10 bits per heavy atom. The van der Waals surface area contributed by atoms with Crippen LogP contribution in [0.2, 0.25) is 0 Å². The zero-order valence-corrected chi connectivity index (χ0v) is 6.06. The van der Waals surface area contributed by atoms with Crippen LogP contribution >= 0.6 is 0 Å². The number of nitrogens with one attached hydrogen (secondary N) is 1. The third kappa shape index (κ3) is 1.73. The molecule has 2 N–H and O–H groups in total. The molecule has 0 aromatic rings. The van der Waals surface area contributed by atoms with Gasteiger partial charge in [-0.1, -0.05) is 0 Å². The molecule has 1 heterocycles. The predicted molar refractivity (Wildman–Crippen MR) is 40.5 cm³/mol. The Morgan fingerprint density at radius 3 is 2.60 bits per heavy atom. The predicted octanol–water partition coefficient (Wildman–Crippen LogP) is 0.124. The van der Waals surface area contributed by atoms with Gasteiger partial charge >= 0.3 is 0 Å². The Morgan fingerprint density at radius 1 is 1.50 bits per heavy atom. The van der Waals surface area contributed by atoms with Crippen LogP contribution in [0.15, 0.2) is 0 Å². The van der Waals surface area contributed by atoms with Gasteiger partial charge in [0.15, 0.2) is 0 Å². The second-order valence-corrected chi connectivity index (χ2v) is 2.86. The zero-order valence-electron chi connectivity index (χ0n) is 6.06. The molecule has 0 aliphatic carbocycles. The Balaban J connectivity index is 2.42. The molecule has 1 aliphatic rings.